The van der Waals surface area contributed by atoms with Gasteiger partial charge < -0.3 is 6.53 Å². The molecule has 2 nitrogen and oxygen atoms in total. The molecule has 0 spiro atoms. The van der Waals surface area contributed by atoms with E-state index < -0.39 is 16.0 Å². The Morgan fingerprint density at radius 2 is 1.40 bits per heavy atom. The standard InChI is InChI=1S/C11H24O2S.Na.H/c1-4-7-14(8-5-2,9-6-3)10-11(12)13;;/h4-10H2,1-3H3,(H,12,13);;/q;+1;-1. The van der Waals surface area contributed by atoms with Gasteiger partial charge in [-0.1, -0.05) is 20.8 Å². The maximum Gasteiger partial charge on any atom is 1.00 e. The third-order valence-corrected chi connectivity index (χ3v) is 7.02. The van der Waals surface area contributed by atoms with Crippen LogP contribution in [0.25, 0.3) is 0 Å². The van der Waals surface area contributed by atoms with Gasteiger partial charge in [-0.05, 0) is 36.5 Å². The maximum atomic E-state index is 10.9. The van der Waals surface area contributed by atoms with Crippen molar-refractivity contribution < 1.29 is 40.9 Å². The Kier molecular flexibility index (Phi) is 12.1. The van der Waals surface area contributed by atoms with Gasteiger partial charge in [0.05, 0.1) is 5.75 Å². The molecule has 0 aliphatic rings. The van der Waals surface area contributed by atoms with Gasteiger partial charge in [0.1, 0.15) is 0 Å². The molecule has 0 aromatic rings. The van der Waals surface area contributed by atoms with Crippen molar-refractivity contribution >= 4 is 16.0 Å². The number of carboxylic acid groups (broad SMARTS) is 1. The average Bonchev–Trinajstić information content (AvgIpc) is 2.03. The van der Waals surface area contributed by atoms with Gasteiger partial charge in [-0.25, -0.2) is 10.0 Å². The molecule has 0 radical (unpaired) electrons. The van der Waals surface area contributed by atoms with Crippen LogP contribution in [-0.2, 0) is 4.79 Å². The molecule has 0 saturated heterocycles. The first kappa shape index (κ1) is 18.2. The Hall–Kier alpha value is 0.820. The SMILES string of the molecule is CCCS(CCC)(CCC)CC(=O)O.[H-].[Na+]. The fourth-order valence-electron chi connectivity index (χ4n) is 2.08. The van der Waals surface area contributed by atoms with Crippen molar-refractivity contribution in [2.45, 2.75) is 40.0 Å². The number of rotatable bonds is 8. The Balaban J connectivity index is -0.000000845. The molecule has 0 aromatic carbocycles. The summed E-state index contributed by atoms with van der Waals surface area (Å²) in [6.45, 7) is 6.48. The van der Waals surface area contributed by atoms with Crippen LogP contribution >= 0.6 is 10.0 Å². The fourth-order valence-corrected chi connectivity index (χ4v) is 6.25. The molecule has 0 heterocycles. The van der Waals surface area contributed by atoms with E-state index in [0.29, 0.717) is 5.75 Å². The molecule has 0 bridgehead atoms. The van der Waals surface area contributed by atoms with Crippen LogP contribution in [0.5, 0.6) is 0 Å². The molecule has 0 aliphatic carbocycles. The van der Waals surface area contributed by atoms with Crippen molar-refractivity contribution in [1.29, 1.82) is 0 Å². The van der Waals surface area contributed by atoms with E-state index in [2.05, 4.69) is 20.8 Å². The van der Waals surface area contributed by atoms with Crippen LogP contribution in [0.4, 0.5) is 0 Å². The molecule has 88 valence electrons. The van der Waals surface area contributed by atoms with Crippen molar-refractivity contribution in [3.05, 3.63) is 0 Å². The molecule has 1 N–H and O–H groups in total. The molecule has 4 heteroatoms. The van der Waals surface area contributed by atoms with Gasteiger partial charge in [0, 0.05) is 0 Å². The Labute approximate surface area is 119 Å². The minimum Gasteiger partial charge on any atom is -1.00 e. The van der Waals surface area contributed by atoms with Crippen molar-refractivity contribution in [3.8, 4) is 0 Å². The van der Waals surface area contributed by atoms with Gasteiger partial charge in [0.25, 0.3) is 0 Å². The monoisotopic (exact) mass is 244 g/mol. The van der Waals surface area contributed by atoms with Crippen LogP contribution in [0, 0.1) is 0 Å². The third kappa shape index (κ3) is 7.67. The molecule has 0 amide bonds. The predicted octanol–water partition coefficient (Wildman–Crippen LogP) is 0.222. The summed E-state index contributed by atoms with van der Waals surface area (Å²) in [5.41, 5.74) is 0. The van der Waals surface area contributed by atoms with E-state index in [1.807, 2.05) is 0 Å². The first-order valence-electron chi connectivity index (χ1n) is 5.56. The van der Waals surface area contributed by atoms with Gasteiger partial charge in [0.2, 0.25) is 0 Å². The number of carbonyl (C=O) groups is 1. The van der Waals surface area contributed by atoms with E-state index in [4.69, 9.17) is 5.11 Å². The van der Waals surface area contributed by atoms with E-state index >= 15 is 0 Å². The Bertz CT molecular complexity index is 162. The maximum absolute atomic E-state index is 10.9. The topological polar surface area (TPSA) is 37.3 Å². The van der Waals surface area contributed by atoms with Gasteiger partial charge >= 0.3 is 35.5 Å². The van der Waals surface area contributed by atoms with Crippen LogP contribution in [0.1, 0.15) is 41.5 Å². The van der Waals surface area contributed by atoms with E-state index in [9.17, 15) is 4.79 Å². The van der Waals surface area contributed by atoms with Crippen molar-refractivity contribution in [1.82, 2.24) is 0 Å². The van der Waals surface area contributed by atoms with Crippen LogP contribution in [0.3, 0.4) is 0 Å². The zero-order chi connectivity index (χ0) is 11.0. The first-order valence-corrected chi connectivity index (χ1v) is 7.87. The summed E-state index contributed by atoms with van der Waals surface area (Å²) in [6, 6.07) is 0. The molecule has 0 aromatic heterocycles. The predicted molar refractivity (Wildman–Crippen MR) is 66.7 cm³/mol. The first-order chi connectivity index (χ1) is 6.60. The average molecular weight is 244 g/mol. The number of carboxylic acids is 1. The molecule has 15 heavy (non-hydrogen) atoms. The van der Waals surface area contributed by atoms with Gasteiger partial charge in [-0.2, -0.15) is 0 Å². The van der Waals surface area contributed by atoms with Gasteiger partial charge in [-0.15, -0.1) is 0 Å². The van der Waals surface area contributed by atoms with Gasteiger partial charge in [0.15, 0.2) is 0 Å². The Morgan fingerprint density at radius 3 is 1.60 bits per heavy atom. The summed E-state index contributed by atoms with van der Waals surface area (Å²) in [4.78, 5) is 10.9. The number of hydrogen-bond acceptors (Lipinski definition) is 1. The zero-order valence-corrected chi connectivity index (χ0v) is 13.5. The summed E-state index contributed by atoms with van der Waals surface area (Å²) < 4.78 is 0. The molecule has 0 fully saturated rings. The minimum atomic E-state index is -0.845. The molecule has 0 rings (SSSR count). The van der Waals surface area contributed by atoms with Crippen LogP contribution in [0.2, 0.25) is 0 Å². The summed E-state index contributed by atoms with van der Waals surface area (Å²) >= 11 is 0. The second kappa shape index (κ2) is 10.0. The van der Waals surface area contributed by atoms with E-state index in [1.165, 1.54) is 0 Å². The van der Waals surface area contributed by atoms with E-state index in [-0.39, 0.29) is 31.0 Å². The van der Waals surface area contributed by atoms with Crippen LogP contribution in [-0.4, -0.2) is 34.1 Å². The molecule has 0 saturated carbocycles. The largest absolute Gasteiger partial charge is 1.00 e. The number of aliphatic carboxylic acids is 1. The summed E-state index contributed by atoms with van der Waals surface area (Å²) in [7, 11) is -0.845. The minimum absolute atomic E-state index is 0. The van der Waals surface area contributed by atoms with Crippen molar-refractivity contribution in [2.75, 3.05) is 23.0 Å². The zero-order valence-electron chi connectivity index (χ0n) is 11.7. The molecular formula is C11H25NaO2S. The molecule has 0 aliphatic heterocycles. The fraction of sp³-hybridized carbons (Fsp3) is 0.909. The normalized spacial score (nSPS) is 11.9. The smallest absolute Gasteiger partial charge is 1.00 e. The summed E-state index contributed by atoms with van der Waals surface area (Å²) in [6.07, 6.45) is 3.38. The quantitative estimate of drug-likeness (QED) is 0.620. The van der Waals surface area contributed by atoms with E-state index in [1.54, 1.807) is 0 Å². The van der Waals surface area contributed by atoms with Crippen molar-refractivity contribution in [3.63, 3.8) is 0 Å². The third-order valence-electron chi connectivity index (χ3n) is 2.34. The molecule has 0 atom stereocenters. The van der Waals surface area contributed by atoms with E-state index in [0.717, 1.165) is 36.5 Å². The molecular weight excluding hydrogens is 219 g/mol. The van der Waals surface area contributed by atoms with Crippen LogP contribution in [0.15, 0.2) is 0 Å². The number of hydrogen-bond donors (Lipinski definition) is 1. The second-order valence-corrected chi connectivity index (χ2v) is 7.84. The van der Waals surface area contributed by atoms with Crippen molar-refractivity contribution in [2.24, 2.45) is 0 Å². The summed E-state index contributed by atoms with van der Waals surface area (Å²) in [5.74, 6) is 3.25. The van der Waals surface area contributed by atoms with Gasteiger partial charge in [-0.3, -0.25) is 4.79 Å². The summed E-state index contributed by atoms with van der Waals surface area (Å²) in [5, 5.41) is 8.95. The molecule has 0 unspecified atom stereocenters. The second-order valence-electron chi connectivity index (χ2n) is 3.88. The van der Waals surface area contributed by atoms with Crippen LogP contribution < -0.4 is 29.6 Å². The Morgan fingerprint density at radius 1 is 1.07 bits per heavy atom.